The molecule has 2 heteroatoms. The molecular weight excluding hydrogens is 332 g/mol. The van der Waals surface area contributed by atoms with Crippen molar-refractivity contribution in [3.8, 4) is 0 Å². The highest BCUT2D eigenvalue weighted by Crippen LogP contribution is 2.41. The topological polar surface area (TPSA) is 26.3 Å². The van der Waals surface area contributed by atoms with Gasteiger partial charge in [-0.15, -0.1) is 0 Å². The van der Waals surface area contributed by atoms with Crippen LogP contribution in [-0.4, -0.2) is 12.6 Å². The maximum atomic E-state index is 11.6. The molecule has 0 radical (unpaired) electrons. The largest absolute Gasteiger partial charge is 0.463 e. The summed E-state index contributed by atoms with van der Waals surface area (Å²) in [7, 11) is 0. The molecule has 1 aliphatic rings. The summed E-state index contributed by atoms with van der Waals surface area (Å²) in [6.45, 7) is 11.0. The molecular formula is C25H32O2. The molecule has 0 bridgehead atoms. The second-order valence-corrected chi connectivity index (χ2v) is 7.87. The fourth-order valence-electron chi connectivity index (χ4n) is 3.64. The molecule has 0 fully saturated rings. The van der Waals surface area contributed by atoms with E-state index in [0.29, 0.717) is 6.61 Å². The van der Waals surface area contributed by atoms with Crippen molar-refractivity contribution < 1.29 is 9.53 Å². The molecule has 2 nitrogen and oxygen atoms in total. The van der Waals surface area contributed by atoms with Gasteiger partial charge in [0.05, 0.1) is 6.61 Å². The summed E-state index contributed by atoms with van der Waals surface area (Å²) in [5.74, 6) is -0.297. The van der Waals surface area contributed by atoms with Gasteiger partial charge in [-0.05, 0) is 67.7 Å². The Bertz CT molecular complexity index is 788. The van der Waals surface area contributed by atoms with Crippen LogP contribution in [0.2, 0.25) is 0 Å². The first kappa shape index (κ1) is 21.0. The number of rotatable bonds is 6. The van der Waals surface area contributed by atoms with Crippen LogP contribution < -0.4 is 0 Å². The molecule has 0 saturated carbocycles. The lowest BCUT2D eigenvalue weighted by atomic mass is 9.72. The van der Waals surface area contributed by atoms with Gasteiger partial charge in [0.2, 0.25) is 0 Å². The van der Waals surface area contributed by atoms with Crippen molar-refractivity contribution in [1.82, 2.24) is 0 Å². The number of ether oxygens (including phenoxy) is 1. The predicted molar refractivity (Wildman–Crippen MR) is 115 cm³/mol. The minimum atomic E-state index is -0.297. The maximum absolute atomic E-state index is 11.6. The normalized spacial score (nSPS) is 17.7. The van der Waals surface area contributed by atoms with E-state index in [2.05, 4.69) is 57.2 Å². The highest BCUT2D eigenvalue weighted by atomic mass is 16.5. The molecule has 0 aliphatic heterocycles. The lowest BCUT2D eigenvalue weighted by Gasteiger charge is -2.33. The van der Waals surface area contributed by atoms with Crippen molar-refractivity contribution in [2.24, 2.45) is 5.41 Å². The molecule has 1 aliphatic carbocycles. The van der Waals surface area contributed by atoms with Crippen molar-refractivity contribution in [2.75, 3.05) is 6.61 Å². The van der Waals surface area contributed by atoms with Crippen LogP contribution in [0.4, 0.5) is 0 Å². The molecule has 2 rings (SSSR count). The summed E-state index contributed by atoms with van der Waals surface area (Å²) in [5, 5.41) is 0. The molecule has 0 saturated heterocycles. The van der Waals surface area contributed by atoms with Gasteiger partial charge >= 0.3 is 5.97 Å². The van der Waals surface area contributed by atoms with Crippen LogP contribution in [0.5, 0.6) is 0 Å². The van der Waals surface area contributed by atoms with Gasteiger partial charge in [0.1, 0.15) is 0 Å². The quantitative estimate of drug-likeness (QED) is 0.317. The third kappa shape index (κ3) is 6.09. The zero-order valence-electron chi connectivity index (χ0n) is 17.3. The van der Waals surface area contributed by atoms with Gasteiger partial charge in [-0.1, -0.05) is 68.0 Å². The molecule has 27 heavy (non-hydrogen) atoms. The Hall–Kier alpha value is -2.35. The molecule has 0 heterocycles. The second-order valence-electron chi connectivity index (χ2n) is 7.87. The summed E-state index contributed by atoms with van der Waals surface area (Å²) >= 11 is 0. The van der Waals surface area contributed by atoms with Crippen molar-refractivity contribution in [3.05, 3.63) is 70.3 Å². The van der Waals surface area contributed by atoms with Crippen molar-refractivity contribution in [1.29, 1.82) is 0 Å². The Labute approximate surface area is 164 Å². The number of benzene rings is 1. The van der Waals surface area contributed by atoms with E-state index in [-0.39, 0.29) is 11.4 Å². The van der Waals surface area contributed by atoms with Crippen LogP contribution >= 0.6 is 0 Å². The highest BCUT2D eigenvalue weighted by molar-refractivity contribution is 5.83. The fraction of sp³-hybridized carbons (Fsp3) is 0.400. The minimum absolute atomic E-state index is 0.239. The zero-order chi connectivity index (χ0) is 19.9. The standard InChI is InChI=1S/C25H32O2/c1-6-27-24(26)18-19(2)13-14-21-11-7-8-12-22(21)15-16-23-20(3)10-9-17-25(23,4)5/h7-8,11-16,18H,6,9-10,17H2,1-5H3/b14-13+,16-15+,19-18+. The number of carbonyl (C=O) groups is 1. The average Bonchev–Trinajstić information content (AvgIpc) is 2.60. The summed E-state index contributed by atoms with van der Waals surface area (Å²) in [4.78, 5) is 11.6. The van der Waals surface area contributed by atoms with Crippen molar-refractivity contribution in [3.63, 3.8) is 0 Å². The Morgan fingerprint density at radius 1 is 1.15 bits per heavy atom. The van der Waals surface area contributed by atoms with Crippen LogP contribution in [0, 0.1) is 5.41 Å². The summed E-state index contributed by atoms with van der Waals surface area (Å²) < 4.78 is 4.96. The van der Waals surface area contributed by atoms with E-state index in [1.54, 1.807) is 0 Å². The van der Waals surface area contributed by atoms with Crippen LogP contribution in [0.3, 0.4) is 0 Å². The molecule has 1 aromatic carbocycles. The second kappa shape index (κ2) is 9.55. The molecule has 0 atom stereocenters. The van der Waals surface area contributed by atoms with E-state index in [1.165, 1.54) is 42.0 Å². The van der Waals surface area contributed by atoms with E-state index >= 15 is 0 Å². The van der Waals surface area contributed by atoms with Gasteiger partial charge in [-0.25, -0.2) is 4.79 Å². The summed E-state index contributed by atoms with van der Waals surface area (Å²) in [6, 6.07) is 8.33. The molecule has 0 aromatic heterocycles. The fourth-order valence-corrected chi connectivity index (χ4v) is 3.64. The number of esters is 1. The monoisotopic (exact) mass is 364 g/mol. The Morgan fingerprint density at radius 3 is 2.44 bits per heavy atom. The lowest BCUT2D eigenvalue weighted by molar-refractivity contribution is -0.137. The Morgan fingerprint density at radius 2 is 1.81 bits per heavy atom. The Balaban J connectivity index is 2.23. The predicted octanol–water partition coefficient (Wildman–Crippen LogP) is 6.75. The number of hydrogen-bond donors (Lipinski definition) is 0. The van der Waals surface area contributed by atoms with Crippen molar-refractivity contribution in [2.45, 2.75) is 53.9 Å². The van der Waals surface area contributed by atoms with E-state index in [0.717, 1.165) is 11.1 Å². The van der Waals surface area contributed by atoms with Crippen LogP contribution in [0.25, 0.3) is 12.2 Å². The smallest absolute Gasteiger partial charge is 0.330 e. The van der Waals surface area contributed by atoms with E-state index < -0.39 is 0 Å². The van der Waals surface area contributed by atoms with Gasteiger partial charge in [0.15, 0.2) is 0 Å². The van der Waals surface area contributed by atoms with Gasteiger partial charge in [-0.3, -0.25) is 0 Å². The third-order valence-corrected chi connectivity index (χ3v) is 5.13. The minimum Gasteiger partial charge on any atom is -0.463 e. The SMILES string of the molecule is CCOC(=O)/C=C(C)/C=C/c1ccccc1/C=C/C1=C(C)CCCC1(C)C. The molecule has 1 aromatic rings. The lowest BCUT2D eigenvalue weighted by Crippen LogP contribution is -2.18. The van der Waals surface area contributed by atoms with Gasteiger partial charge < -0.3 is 4.74 Å². The third-order valence-electron chi connectivity index (χ3n) is 5.13. The highest BCUT2D eigenvalue weighted by Gasteiger charge is 2.26. The molecule has 0 unspecified atom stereocenters. The molecule has 0 spiro atoms. The van der Waals surface area contributed by atoms with E-state index in [9.17, 15) is 4.79 Å². The van der Waals surface area contributed by atoms with Crippen molar-refractivity contribution >= 4 is 18.1 Å². The first-order chi connectivity index (χ1) is 12.8. The maximum Gasteiger partial charge on any atom is 0.330 e. The van der Waals surface area contributed by atoms with Gasteiger partial charge in [0.25, 0.3) is 0 Å². The van der Waals surface area contributed by atoms with Gasteiger partial charge in [-0.2, -0.15) is 0 Å². The van der Waals surface area contributed by atoms with Crippen LogP contribution in [-0.2, 0) is 9.53 Å². The molecule has 0 N–H and O–H groups in total. The zero-order valence-corrected chi connectivity index (χ0v) is 17.3. The number of hydrogen-bond acceptors (Lipinski definition) is 2. The number of allylic oxidation sites excluding steroid dienone is 5. The van der Waals surface area contributed by atoms with Gasteiger partial charge in [0, 0.05) is 6.08 Å². The Kier molecular flexibility index (Phi) is 7.41. The molecule has 144 valence electrons. The average molecular weight is 365 g/mol. The summed E-state index contributed by atoms with van der Waals surface area (Å²) in [6.07, 6.45) is 13.8. The molecule has 0 amide bonds. The first-order valence-electron chi connectivity index (χ1n) is 9.84. The van der Waals surface area contributed by atoms with Crippen LogP contribution in [0.1, 0.15) is 65.0 Å². The van der Waals surface area contributed by atoms with E-state index in [4.69, 9.17) is 4.74 Å². The first-order valence-corrected chi connectivity index (χ1v) is 9.84. The van der Waals surface area contributed by atoms with Crippen LogP contribution in [0.15, 0.2) is 59.2 Å². The van der Waals surface area contributed by atoms with E-state index in [1.807, 2.05) is 26.0 Å². The number of carbonyl (C=O) groups excluding carboxylic acids is 1. The summed E-state index contributed by atoms with van der Waals surface area (Å²) in [5.41, 5.74) is 6.40.